The summed E-state index contributed by atoms with van der Waals surface area (Å²) < 4.78 is 9.94. The molecule has 0 aliphatic carbocycles. The van der Waals surface area contributed by atoms with E-state index >= 15 is 0 Å². The molecule has 2 rings (SSSR count). The quantitative estimate of drug-likeness (QED) is 0.209. The van der Waals surface area contributed by atoms with Crippen molar-refractivity contribution < 1.29 is 28.7 Å². The molecule has 1 amide bonds. The van der Waals surface area contributed by atoms with Crippen molar-refractivity contribution in [1.29, 1.82) is 5.26 Å². The monoisotopic (exact) mass is 457 g/mol. The topological polar surface area (TPSA) is 135 Å². The number of hydrogen-bond donors (Lipinski definition) is 3. The fourth-order valence-electron chi connectivity index (χ4n) is 3.27. The molecular weight excluding hydrogens is 434 g/mol. The molecule has 9 nitrogen and oxygen atoms in total. The number of anilines is 1. The van der Waals surface area contributed by atoms with Gasteiger partial charge in [0, 0.05) is 12.2 Å². The minimum absolute atomic E-state index is 0.00491. The van der Waals surface area contributed by atoms with Crippen LogP contribution in [0.15, 0.2) is 43.5 Å². The van der Waals surface area contributed by atoms with Gasteiger partial charge >= 0.3 is 11.9 Å². The van der Waals surface area contributed by atoms with Gasteiger partial charge in [0.1, 0.15) is 19.1 Å². The Kier molecular flexibility index (Phi) is 9.19. The summed E-state index contributed by atoms with van der Waals surface area (Å²) in [4.78, 5) is 48.9. The number of carbonyl (C=O) groups excluding carboxylic acids is 4. The lowest BCUT2D eigenvalue weighted by molar-refractivity contribution is -0.151. The molecule has 32 heavy (non-hydrogen) atoms. The molecule has 1 heterocycles. The highest BCUT2D eigenvalue weighted by molar-refractivity contribution is 7.96. The molecule has 0 aromatic heterocycles. The Bertz CT molecular complexity index is 971. The van der Waals surface area contributed by atoms with Crippen LogP contribution in [0.4, 0.5) is 5.69 Å². The first kappa shape index (κ1) is 24.8. The Balaban J connectivity index is 2.10. The number of benzene rings is 1. The van der Waals surface area contributed by atoms with Crippen LogP contribution in [0, 0.1) is 23.2 Å². The van der Waals surface area contributed by atoms with Gasteiger partial charge in [-0.05, 0) is 30.5 Å². The summed E-state index contributed by atoms with van der Waals surface area (Å²) >= 11 is 3.79. The molecule has 1 aliphatic heterocycles. The van der Waals surface area contributed by atoms with Crippen LogP contribution in [0.5, 0.6) is 0 Å². The highest BCUT2D eigenvalue weighted by Gasteiger charge is 2.41. The van der Waals surface area contributed by atoms with Crippen molar-refractivity contribution in [3.8, 4) is 6.07 Å². The number of hydrogen-bond acceptors (Lipinski definition) is 8. The molecular formula is C22H23N3O6S. The number of nitriles is 1. The zero-order valence-electron chi connectivity index (χ0n) is 17.2. The third-order valence-corrected chi connectivity index (χ3v) is 4.99. The smallest absolute Gasteiger partial charge is 0.338 e. The van der Waals surface area contributed by atoms with Gasteiger partial charge in [0.2, 0.25) is 5.91 Å². The lowest BCUT2D eigenvalue weighted by Crippen LogP contribution is -2.35. The van der Waals surface area contributed by atoms with Crippen molar-refractivity contribution in [1.82, 2.24) is 5.32 Å². The van der Waals surface area contributed by atoms with E-state index in [0.29, 0.717) is 0 Å². The lowest BCUT2D eigenvalue weighted by atomic mass is 9.90. The first-order valence-electron chi connectivity index (χ1n) is 9.68. The third kappa shape index (κ3) is 6.54. The van der Waals surface area contributed by atoms with Crippen LogP contribution in [0.2, 0.25) is 0 Å². The number of nitrogens with one attached hydrogen (secondary N) is 2. The summed E-state index contributed by atoms with van der Waals surface area (Å²) in [6, 6.07) is 5.38. The van der Waals surface area contributed by atoms with E-state index in [2.05, 4.69) is 36.4 Å². The van der Waals surface area contributed by atoms with Crippen molar-refractivity contribution in [2.24, 2.45) is 11.8 Å². The largest absolute Gasteiger partial charge is 0.461 e. The molecule has 1 aromatic rings. The number of esters is 2. The first-order chi connectivity index (χ1) is 15.3. The normalized spacial score (nSPS) is 18.0. The Hall–Kier alpha value is -3.42. The van der Waals surface area contributed by atoms with Crippen molar-refractivity contribution in [3.05, 3.63) is 54.6 Å². The second kappa shape index (κ2) is 11.8. The number of carbonyl (C=O) groups is 4. The first-order valence-corrected chi connectivity index (χ1v) is 10.1. The molecule has 2 N–H and O–H groups in total. The molecule has 0 spiro atoms. The van der Waals surface area contributed by atoms with Gasteiger partial charge in [-0.1, -0.05) is 25.3 Å². The molecule has 1 unspecified atom stereocenters. The summed E-state index contributed by atoms with van der Waals surface area (Å²) in [6.45, 7) is 7.12. The molecule has 0 saturated carbocycles. The summed E-state index contributed by atoms with van der Waals surface area (Å²) in [5.74, 6) is -3.43. The van der Waals surface area contributed by atoms with Crippen LogP contribution in [0.1, 0.15) is 22.3 Å². The molecule has 1 aromatic carbocycles. The Labute approximate surface area is 190 Å². The minimum Gasteiger partial charge on any atom is -0.461 e. The van der Waals surface area contributed by atoms with E-state index in [-0.39, 0.29) is 43.0 Å². The van der Waals surface area contributed by atoms with E-state index in [0.717, 1.165) is 0 Å². The fourth-order valence-corrected chi connectivity index (χ4v) is 3.59. The van der Waals surface area contributed by atoms with Crippen LogP contribution in [-0.2, 0) is 23.9 Å². The van der Waals surface area contributed by atoms with E-state index in [1.165, 1.54) is 30.4 Å². The van der Waals surface area contributed by atoms with E-state index in [1.807, 2.05) is 6.07 Å². The SMILES string of the molecule is C=CCOC(=O)c1cc(C#N)cc(NC(=O)[C@@H]2C[C@@H](C(C(=O)S)C(=O)OCC=C)CN2)c1. The van der Waals surface area contributed by atoms with Crippen molar-refractivity contribution in [2.45, 2.75) is 12.5 Å². The van der Waals surface area contributed by atoms with Crippen LogP contribution in [0.25, 0.3) is 0 Å². The molecule has 10 heteroatoms. The van der Waals surface area contributed by atoms with E-state index < -0.39 is 40.8 Å². The molecule has 3 atom stereocenters. The maximum absolute atomic E-state index is 12.7. The zero-order valence-corrected chi connectivity index (χ0v) is 18.1. The van der Waals surface area contributed by atoms with E-state index in [9.17, 15) is 24.4 Å². The highest BCUT2D eigenvalue weighted by atomic mass is 32.1. The van der Waals surface area contributed by atoms with Crippen molar-refractivity contribution in [2.75, 3.05) is 25.1 Å². The second-order valence-electron chi connectivity index (χ2n) is 6.98. The molecule has 1 saturated heterocycles. The molecule has 1 fully saturated rings. The fraction of sp³-hybridized carbons (Fsp3) is 0.318. The summed E-state index contributed by atoms with van der Waals surface area (Å²) in [7, 11) is 0. The maximum atomic E-state index is 12.7. The van der Waals surface area contributed by atoms with Gasteiger partial charge in [0.15, 0.2) is 5.12 Å². The zero-order chi connectivity index (χ0) is 23.7. The van der Waals surface area contributed by atoms with Crippen molar-refractivity contribution >= 4 is 41.3 Å². The highest BCUT2D eigenvalue weighted by Crippen LogP contribution is 2.27. The van der Waals surface area contributed by atoms with Gasteiger partial charge < -0.3 is 20.1 Å². The van der Waals surface area contributed by atoms with Crippen LogP contribution >= 0.6 is 12.6 Å². The number of nitrogens with zero attached hydrogens (tertiary/aromatic N) is 1. The summed E-state index contributed by atoms with van der Waals surface area (Å²) in [5.41, 5.74) is 0.498. The number of amides is 1. The van der Waals surface area contributed by atoms with Gasteiger partial charge in [-0.2, -0.15) is 5.26 Å². The third-order valence-electron chi connectivity index (χ3n) is 4.71. The van der Waals surface area contributed by atoms with Crippen LogP contribution < -0.4 is 10.6 Å². The lowest BCUT2D eigenvalue weighted by Gasteiger charge is -2.18. The van der Waals surface area contributed by atoms with Gasteiger partial charge in [-0.3, -0.25) is 14.4 Å². The average molecular weight is 458 g/mol. The molecule has 0 radical (unpaired) electrons. The standard InChI is InChI=1S/C22H23N3O6S/c1-3-5-30-20(27)14-7-13(11-23)8-16(9-14)25-19(26)17-10-15(12-24-17)18(22(29)32)21(28)31-6-4-2/h3-4,7-9,15,17-18,24H,1-2,5-6,10,12H2,(H,25,26)(H,29,32)/t15-,17+,18?/m1/s1. The van der Waals surface area contributed by atoms with Gasteiger partial charge in [0.25, 0.3) is 0 Å². The predicted molar refractivity (Wildman–Crippen MR) is 119 cm³/mol. The number of ether oxygens (including phenoxy) is 2. The predicted octanol–water partition coefficient (Wildman–Crippen LogP) is 1.62. The molecule has 168 valence electrons. The van der Waals surface area contributed by atoms with E-state index in [1.54, 1.807) is 0 Å². The summed E-state index contributed by atoms with van der Waals surface area (Å²) in [6.07, 6.45) is 2.99. The second-order valence-corrected chi connectivity index (χ2v) is 7.42. The minimum atomic E-state index is -1.11. The van der Waals surface area contributed by atoms with Crippen LogP contribution in [0.3, 0.4) is 0 Å². The average Bonchev–Trinajstić information content (AvgIpc) is 3.25. The molecule has 1 aliphatic rings. The number of rotatable bonds is 10. The number of thiol groups is 1. The maximum Gasteiger partial charge on any atom is 0.338 e. The Morgan fingerprint density at radius 1 is 1.22 bits per heavy atom. The molecule has 0 bridgehead atoms. The van der Waals surface area contributed by atoms with E-state index in [4.69, 9.17) is 9.47 Å². The Morgan fingerprint density at radius 3 is 2.53 bits per heavy atom. The van der Waals surface area contributed by atoms with Crippen LogP contribution in [-0.4, -0.2) is 48.8 Å². The van der Waals surface area contributed by atoms with Crippen molar-refractivity contribution in [3.63, 3.8) is 0 Å². The Morgan fingerprint density at radius 2 is 1.91 bits per heavy atom. The summed E-state index contributed by atoms with van der Waals surface area (Å²) in [5, 5.41) is 14.2. The van der Waals surface area contributed by atoms with Gasteiger partial charge in [-0.25, -0.2) is 4.79 Å². The van der Waals surface area contributed by atoms with Gasteiger partial charge in [-0.15, -0.1) is 12.6 Å². The van der Waals surface area contributed by atoms with Gasteiger partial charge in [0.05, 0.1) is 23.2 Å².